The van der Waals surface area contributed by atoms with Gasteiger partial charge in [-0.05, 0) is 42.9 Å². The highest BCUT2D eigenvalue weighted by atomic mass is 19.1. The van der Waals surface area contributed by atoms with E-state index in [0.717, 1.165) is 36.9 Å². The number of rotatable bonds is 3. The van der Waals surface area contributed by atoms with Gasteiger partial charge in [0.2, 0.25) is 5.91 Å². The maximum Gasteiger partial charge on any atom is 0.226 e. The number of aromatic nitrogens is 2. The van der Waals surface area contributed by atoms with Crippen molar-refractivity contribution in [2.24, 2.45) is 13.0 Å². The van der Waals surface area contributed by atoms with Crippen LogP contribution < -0.4 is 0 Å². The predicted octanol–water partition coefficient (Wildman–Crippen LogP) is 3.03. The molecule has 5 heteroatoms. The number of halogens is 1. The largest absolute Gasteiger partial charge is 0.335 e. The third-order valence-electron chi connectivity index (χ3n) is 5.03. The standard InChI is InChI=1S/C18H20FN3O/c1-21-11-13(10-20-21)17-6-3-7-22(17)18(23)16-9-15(16)12-4-2-5-14(19)8-12/h2,4-5,8,10-11,15-17H,3,6-7,9H2,1H3/t15-,16-,17+/m1/s1. The van der Waals surface area contributed by atoms with Gasteiger partial charge in [-0.25, -0.2) is 4.39 Å². The van der Waals surface area contributed by atoms with E-state index in [1.165, 1.54) is 6.07 Å². The first-order valence-electron chi connectivity index (χ1n) is 8.18. The average molecular weight is 313 g/mol. The number of likely N-dealkylation sites (tertiary alicyclic amines) is 1. The van der Waals surface area contributed by atoms with Crippen molar-refractivity contribution < 1.29 is 9.18 Å². The van der Waals surface area contributed by atoms with Crippen molar-refractivity contribution in [1.82, 2.24) is 14.7 Å². The molecule has 23 heavy (non-hydrogen) atoms. The predicted molar refractivity (Wildman–Crippen MR) is 84.1 cm³/mol. The molecule has 0 bridgehead atoms. The van der Waals surface area contributed by atoms with Crippen LogP contribution in [-0.2, 0) is 11.8 Å². The highest BCUT2D eigenvalue weighted by molar-refractivity contribution is 5.83. The summed E-state index contributed by atoms with van der Waals surface area (Å²) in [6.07, 6.45) is 6.70. The summed E-state index contributed by atoms with van der Waals surface area (Å²) in [6.45, 7) is 0.810. The highest BCUT2D eigenvalue weighted by Gasteiger charge is 2.47. The number of carbonyl (C=O) groups is 1. The Hall–Kier alpha value is -2.17. The summed E-state index contributed by atoms with van der Waals surface area (Å²) in [7, 11) is 1.89. The fourth-order valence-electron chi connectivity index (χ4n) is 3.78. The van der Waals surface area contributed by atoms with E-state index in [1.54, 1.807) is 16.8 Å². The summed E-state index contributed by atoms with van der Waals surface area (Å²) in [5, 5.41) is 4.22. The van der Waals surface area contributed by atoms with Gasteiger partial charge in [-0.2, -0.15) is 5.10 Å². The minimum absolute atomic E-state index is 0.00840. The molecule has 2 fully saturated rings. The second kappa shape index (κ2) is 5.48. The van der Waals surface area contributed by atoms with Crippen LogP contribution in [0, 0.1) is 11.7 Å². The number of carbonyl (C=O) groups excluding carboxylic acids is 1. The molecule has 4 rings (SSSR count). The van der Waals surface area contributed by atoms with Gasteiger partial charge >= 0.3 is 0 Å². The lowest BCUT2D eigenvalue weighted by molar-refractivity contribution is -0.133. The average Bonchev–Trinajstić information content (AvgIpc) is 2.97. The molecule has 1 aliphatic heterocycles. The van der Waals surface area contributed by atoms with Crippen LogP contribution in [0.3, 0.4) is 0 Å². The van der Waals surface area contributed by atoms with Gasteiger partial charge in [0.1, 0.15) is 5.82 Å². The van der Waals surface area contributed by atoms with Gasteiger partial charge in [0, 0.05) is 31.3 Å². The molecule has 1 saturated heterocycles. The van der Waals surface area contributed by atoms with Crippen LogP contribution in [0.2, 0.25) is 0 Å². The monoisotopic (exact) mass is 313 g/mol. The minimum Gasteiger partial charge on any atom is -0.335 e. The van der Waals surface area contributed by atoms with E-state index in [2.05, 4.69) is 5.10 Å². The lowest BCUT2D eigenvalue weighted by Crippen LogP contribution is -2.32. The number of aryl methyl sites for hydroxylation is 1. The first-order chi connectivity index (χ1) is 11.1. The summed E-state index contributed by atoms with van der Waals surface area (Å²) in [5.74, 6) is 0.169. The number of hydrogen-bond acceptors (Lipinski definition) is 2. The molecule has 1 amide bonds. The molecule has 0 radical (unpaired) electrons. The summed E-state index contributed by atoms with van der Waals surface area (Å²) in [6, 6.07) is 6.79. The Balaban J connectivity index is 1.49. The Morgan fingerprint density at radius 2 is 2.22 bits per heavy atom. The van der Waals surface area contributed by atoms with E-state index in [9.17, 15) is 9.18 Å². The van der Waals surface area contributed by atoms with Gasteiger partial charge in [0.05, 0.1) is 12.2 Å². The van der Waals surface area contributed by atoms with E-state index in [0.29, 0.717) is 0 Å². The molecule has 0 unspecified atom stereocenters. The van der Waals surface area contributed by atoms with Crippen LogP contribution in [0.25, 0.3) is 0 Å². The van der Waals surface area contributed by atoms with E-state index in [-0.39, 0.29) is 29.6 Å². The lowest BCUT2D eigenvalue weighted by Gasteiger charge is -2.24. The van der Waals surface area contributed by atoms with Gasteiger partial charge in [-0.15, -0.1) is 0 Å². The van der Waals surface area contributed by atoms with E-state index in [4.69, 9.17) is 0 Å². The first-order valence-corrected chi connectivity index (χ1v) is 8.18. The second-order valence-electron chi connectivity index (χ2n) is 6.64. The van der Waals surface area contributed by atoms with Crippen molar-refractivity contribution in [3.8, 4) is 0 Å². The lowest BCUT2D eigenvalue weighted by atomic mass is 10.1. The van der Waals surface area contributed by atoms with Crippen molar-refractivity contribution >= 4 is 5.91 Å². The fraction of sp³-hybridized carbons (Fsp3) is 0.444. The van der Waals surface area contributed by atoms with Crippen LogP contribution in [0.4, 0.5) is 4.39 Å². The topological polar surface area (TPSA) is 38.1 Å². The Morgan fingerprint density at radius 1 is 1.35 bits per heavy atom. The van der Waals surface area contributed by atoms with E-state index < -0.39 is 0 Å². The van der Waals surface area contributed by atoms with Crippen LogP contribution in [-0.4, -0.2) is 27.1 Å². The van der Waals surface area contributed by atoms with Gasteiger partial charge < -0.3 is 4.90 Å². The maximum absolute atomic E-state index is 13.4. The number of amides is 1. The molecule has 2 aromatic rings. The zero-order chi connectivity index (χ0) is 16.0. The molecule has 1 aromatic carbocycles. The number of benzene rings is 1. The molecule has 1 aromatic heterocycles. The van der Waals surface area contributed by atoms with Crippen molar-refractivity contribution in [3.63, 3.8) is 0 Å². The SMILES string of the molecule is Cn1cc([C@@H]2CCCN2C(=O)[C@@H]2C[C@@H]2c2cccc(F)c2)cn1. The fourth-order valence-corrected chi connectivity index (χ4v) is 3.78. The number of nitrogens with zero attached hydrogens (tertiary/aromatic N) is 3. The summed E-state index contributed by atoms with van der Waals surface area (Å²) in [4.78, 5) is 14.9. The summed E-state index contributed by atoms with van der Waals surface area (Å²) < 4.78 is 15.1. The molecular formula is C18H20FN3O. The zero-order valence-corrected chi connectivity index (χ0v) is 13.2. The molecule has 4 nitrogen and oxygen atoms in total. The summed E-state index contributed by atoms with van der Waals surface area (Å²) in [5.41, 5.74) is 2.06. The van der Waals surface area contributed by atoms with Crippen LogP contribution in [0.1, 0.15) is 42.3 Å². The molecule has 0 spiro atoms. The molecule has 2 aliphatic rings. The molecule has 0 N–H and O–H groups in total. The van der Waals surface area contributed by atoms with Gasteiger partial charge in [0.15, 0.2) is 0 Å². The number of hydrogen-bond donors (Lipinski definition) is 0. The van der Waals surface area contributed by atoms with Gasteiger partial charge in [-0.1, -0.05) is 12.1 Å². The van der Waals surface area contributed by atoms with Crippen LogP contribution >= 0.6 is 0 Å². The summed E-state index contributed by atoms with van der Waals surface area (Å²) >= 11 is 0. The van der Waals surface area contributed by atoms with Gasteiger partial charge in [-0.3, -0.25) is 9.48 Å². The molecular weight excluding hydrogens is 293 g/mol. The Labute approximate surface area is 134 Å². The Kier molecular flexibility index (Phi) is 3.43. The second-order valence-corrected chi connectivity index (χ2v) is 6.64. The third kappa shape index (κ3) is 2.64. The maximum atomic E-state index is 13.4. The molecule has 3 atom stereocenters. The highest BCUT2D eigenvalue weighted by Crippen LogP contribution is 2.50. The molecule has 1 aliphatic carbocycles. The minimum atomic E-state index is -0.227. The van der Waals surface area contributed by atoms with E-state index >= 15 is 0 Å². The Morgan fingerprint density at radius 3 is 2.96 bits per heavy atom. The Bertz CT molecular complexity index is 741. The first kappa shape index (κ1) is 14.4. The smallest absolute Gasteiger partial charge is 0.226 e. The van der Waals surface area contributed by atoms with Crippen molar-refractivity contribution in [2.45, 2.75) is 31.2 Å². The van der Waals surface area contributed by atoms with Crippen molar-refractivity contribution in [2.75, 3.05) is 6.54 Å². The van der Waals surface area contributed by atoms with Crippen LogP contribution in [0.5, 0.6) is 0 Å². The van der Waals surface area contributed by atoms with Crippen molar-refractivity contribution in [1.29, 1.82) is 0 Å². The normalized spacial score (nSPS) is 26.5. The van der Waals surface area contributed by atoms with E-state index in [1.807, 2.05) is 30.4 Å². The molecule has 2 heterocycles. The third-order valence-corrected chi connectivity index (χ3v) is 5.03. The quantitative estimate of drug-likeness (QED) is 0.873. The van der Waals surface area contributed by atoms with Gasteiger partial charge in [0.25, 0.3) is 0 Å². The molecule has 120 valence electrons. The zero-order valence-electron chi connectivity index (χ0n) is 13.2. The van der Waals surface area contributed by atoms with Crippen molar-refractivity contribution in [3.05, 3.63) is 53.6 Å². The molecule has 1 saturated carbocycles. The van der Waals surface area contributed by atoms with Crippen LogP contribution in [0.15, 0.2) is 36.7 Å².